The van der Waals surface area contributed by atoms with E-state index in [4.69, 9.17) is 11.6 Å². The Bertz CT molecular complexity index is 501. The number of rotatable bonds is 5. The van der Waals surface area contributed by atoms with Gasteiger partial charge in [-0.05, 0) is 37.3 Å². The van der Waals surface area contributed by atoms with E-state index in [9.17, 15) is 4.79 Å². The predicted molar refractivity (Wildman–Crippen MR) is 75.9 cm³/mol. The SMILES string of the molecule is O=C(CNc1nc(Cl)nc(N2CCCC2)n1)NC1CC1. The second kappa shape index (κ2) is 5.78. The number of anilines is 2. The number of hydrogen-bond acceptors (Lipinski definition) is 6. The molecule has 2 heterocycles. The van der Waals surface area contributed by atoms with Crippen molar-refractivity contribution in [3.63, 3.8) is 0 Å². The minimum Gasteiger partial charge on any atom is -0.352 e. The van der Waals surface area contributed by atoms with Crippen LogP contribution in [0.4, 0.5) is 11.9 Å². The Morgan fingerprint density at radius 3 is 2.70 bits per heavy atom. The van der Waals surface area contributed by atoms with Crippen molar-refractivity contribution < 1.29 is 4.79 Å². The monoisotopic (exact) mass is 296 g/mol. The zero-order valence-corrected chi connectivity index (χ0v) is 11.9. The standard InChI is InChI=1S/C12H17ClN6O/c13-10-16-11(14-7-9(20)15-8-3-4-8)18-12(17-10)19-5-1-2-6-19/h8H,1-7H2,(H,15,20)(H,14,16,17,18). The van der Waals surface area contributed by atoms with Gasteiger partial charge in [0.05, 0.1) is 6.54 Å². The van der Waals surface area contributed by atoms with E-state index in [0.29, 0.717) is 17.9 Å². The molecule has 2 N–H and O–H groups in total. The lowest BCUT2D eigenvalue weighted by atomic mass is 10.4. The largest absolute Gasteiger partial charge is 0.352 e. The van der Waals surface area contributed by atoms with Crippen molar-refractivity contribution in [3.8, 4) is 0 Å². The highest BCUT2D eigenvalue weighted by Gasteiger charge is 2.23. The average molecular weight is 297 g/mol. The van der Waals surface area contributed by atoms with Gasteiger partial charge >= 0.3 is 0 Å². The molecule has 20 heavy (non-hydrogen) atoms. The first-order chi connectivity index (χ1) is 9.70. The second-order valence-corrected chi connectivity index (χ2v) is 5.46. The topological polar surface area (TPSA) is 83.0 Å². The van der Waals surface area contributed by atoms with E-state index in [0.717, 1.165) is 38.8 Å². The summed E-state index contributed by atoms with van der Waals surface area (Å²) in [6.45, 7) is 2.01. The van der Waals surface area contributed by atoms with Crippen LogP contribution in [0.25, 0.3) is 0 Å². The summed E-state index contributed by atoms with van der Waals surface area (Å²) < 4.78 is 0. The maximum atomic E-state index is 11.6. The van der Waals surface area contributed by atoms with Crippen molar-refractivity contribution in [2.45, 2.75) is 31.7 Å². The minimum absolute atomic E-state index is 0.0493. The first-order valence-corrected chi connectivity index (χ1v) is 7.28. The summed E-state index contributed by atoms with van der Waals surface area (Å²) in [6, 6.07) is 0.353. The van der Waals surface area contributed by atoms with E-state index in [1.165, 1.54) is 0 Å². The lowest BCUT2D eigenvalue weighted by Gasteiger charge is -2.15. The van der Waals surface area contributed by atoms with Gasteiger partial charge in [0.15, 0.2) is 0 Å². The molecule has 1 aliphatic heterocycles. The Morgan fingerprint density at radius 2 is 2.00 bits per heavy atom. The van der Waals surface area contributed by atoms with Gasteiger partial charge in [-0.1, -0.05) is 0 Å². The molecule has 2 fully saturated rings. The number of aromatic nitrogens is 3. The molecule has 0 atom stereocenters. The number of hydrogen-bond donors (Lipinski definition) is 2. The van der Waals surface area contributed by atoms with Crippen LogP contribution >= 0.6 is 11.6 Å². The Morgan fingerprint density at radius 1 is 1.25 bits per heavy atom. The normalized spacial score (nSPS) is 18.1. The van der Waals surface area contributed by atoms with Crippen molar-refractivity contribution >= 4 is 29.4 Å². The van der Waals surface area contributed by atoms with Crippen LogP contribution in [0.3, 0.4) is 0 Å². The maximum absolute atomic E-state index is 11.6. The molecule has 1 aliphatic carbocycles. The second-order valence-electron chi connectivity index (χ2n) is 5.12. The number of halogens is 1. The molecule has 0 bridgehead atoms. The first-order valence-electron chi connectivity index (χ1n) is 6.90. The molecule has 8 heteroatoms. The van der Waals surface area contributed by atoms with Gasteiger partial charge in [-0.2, -0.15) is 15.0 Å². The Kier molecular flexibility index (Phi) is 3.86. The lowest BCUT2D eigenvalue weighted by Crippen LogP contribution is -2.32. The van der Waals surface area contributed by atoms with Gasteiger partial charge in [0.1, 0.15) is 0 Å². The number of nitrogens with one attached hydrogen (secondary N) is 2. The van der Waals surface area contributed by atoms with Crippen LogP contribution in [0, 0.1) is 0 Å². The molecule has 0 unspecified atom stereocenters. The van der Waals surface area contributed by atoms with Crippen LogP contribution in [0.15, 0.2) is 0 Å². The van der Waals surface area contributed by atoms with E-state index in [1.54, 1.807) is 0 Å². The molecule has 108 valence electrons. The fourth-order valence-electron chi connectivity index (χ4n) is 2.14. The third-order valence-corrected chi connectivity index (χ3v) is 3.50. The number of carbonyl (C=O) groups excluding carboxylic acids is 1. The van der Waals surface area contributed by atoms with Crippen LogP contribution in [0.1, 0.15) is 25.7 Å². The van der Waals surface area contributed by atoms with Crippen LogP contribution in [0.2, 0.25) is 5.28 Å². The highest BCUT2D eigenvalue weighted by molar-refractivity contribution is 6.28. The summed E-state index contributed by atoms with van der Waals surface area (Å²) in [5, 5.41) is 5.93. The summed E-state index contributed by atoms with van der Waals surface area (Å²) in [4.78, 5) is 26.1. The van der Waals surface area contributed by atoms with E-state index in [2.05, 4.69) is 30.5 Å². The van der Waals surface area contributed by atoms with Gasteiger partial charge in [0.2, 0.25) is 23.1 Å². The predicted octanol–water partition coefficient (Wildman–Crippen LogP) is 0.816. The molecule has 7 nitrogen and oxygen atoms in total. The molecule has 2 aliphatic rings. The molecule has 1 aromatic rings. The van der Waals surface area contributed by atoms with E-state index in [-0.39, 0.29) is 17.7 Å². The highest BCUT2D eigenvalue weighted by Crippen LogP contribution is 2.19. The first kappa shape index (κ1) is 13.4. The Balaban J connectivity index is 1.61. The summed E-state index contributed by atoms with van der Waals surface area (Å²) in [7, 11) is 0. The third-order valence-electron chi connectivity index (χ3n) is 3.33. The molecule has 0 aromatic carbocycles. The minimum atomic E-state index is -0.0493. The van der Waals surface area contributed by atoms with Gasteiger partial charge < -0.3 is 15.5 Å². The summed E-state index contributed by atoms with van der Waals surface area (Å²) in [5.74, 6) is 0.872. The van der Waals surface area contributed by atoms with E-state index >= 15 is 0 Å². The molecule has 0 spiro atoms. The van der Waals surface area contributed by atoms with Gasteiger partial charge in [-0.3, -0.25) is 4.79 Å². The highest BCUT2D eigenvalue weighted by atomic mass is 35.5. The van der Waals surface area contributed by atoms with Gasteiger partial charge in [0, 0.05) is 19.1 Å². The third kappa shape index (κ3) is 3.47. The Labute approximate surface area is 122 Å². The quantitative estimate of drug-likeness (QED) is 0.837. The fraction of sp³-hybridized carbons (Fsp3) is 0.667. The van der Waals surface area contributed by atoms with Crippen molar-refractivity contribution in [3.05, 3.63) is 5.28 Å². The summed E-state index contributed by atoms with van der Waals surface area (Å²) in [5.41, 5.74) is 0. The van der Waals surface area contributed by atoms with E-state index < -0.39 is 0 Å². The number of amides is 1. The molecular weight excluding hydrogens is 280 g/mol. The van der Waals surface area contributed by atoms with Crippen LogP contribution < -0.4 is 15.5 Å². The van der Waals surface area contributed by atoms with Crippen LogP contribution in [-0.4, -0.2) is 46.5 Å². The molecule has 1 amide bonds. The summed E-state index contributed by atoms with van der Waals surface area (Å²) in [6.07, 6.45) is 4.41. The van der Waals surface area contributed by atoms with Crippen LogP contribution in [-0.2, 0) is 4.79 Å². The van der Waals surface area contributed by atoms with Crippen molar-refractivity contribution in [1.82, 2.24) is 20.3 Å². The van der Waals surface area contributed by atoms with E-state index in [1.807, 2.05) is 0 Å². The lowest BCUT2D eigenvalue weighted by molar-refractivity contribution is -0.119. The van der Waals surface area contributed by atoms with Crippen molar-refractivity contribution in [1.29, 1.82) is 0 Å². The zero-order valence-electron chi connectivity index (χ0n) is 11.1. The fourth-order valence-corrected chi connectivity index (χ4v) is 2.30. The van der Waals surface area contributed by atoms with Gasteiger partial charge in [-0.25, -0.2) is 0 Å². The zero-order chi connectivity index (χ0) is 13.9. The Hall–Kier alpha value is -1.63. The smallest absolute Gasteiger partial charge is 0.239 e. The number of nitrogens with zero attached hydrogens (tertiary/aromatic N) is 4. The van der Waals surface area contributed by atoms with Gasteiger partial charge in [0.25, 0.3) is 0 Å². The van der Waals surface area contributed by atoms with Gasteiger partial charge in [-0.15, -0.1) is 0 Å². The molecule has 3 rings (SSSR count). The summed E-state index contributed by atoms with van der Waals surface area (Å²) >= 11 is 5.91. The molecule has 0 radical (unpaired) electrons. The molecule has 1 aromatic heterocycles. The maximum Gasteiger partial charge on any atom is 0.239 e. The molecule has 1 saturated carbocycles. The van der Waals surface area contributed by atoms with Crippen molar-refractivity contribution in [2.75, 3.05) is 29.9 Å². The van der Waals surface area contributed by atoms with Crippen molar-refractivity contribution in [2.24, 2.45) is 0 Å². The molecular formula is C12H17ClN6O. The average Bonchev–Trinajstić information content (AvgIpc) is 3.06. The molecule has 1 saturated heterocycles. The van der Waals surface area contributed by atoms with Crippen LogP contribution in [0.5, 0.6) is 0 Å². The number of carbonyl (C=O) groups is 1.